The van der Waals surface area contributed by atoms with E-state index in [9.17, 15) is 13.2 Å². The van der Waals surface area contributed by atoms with Gasteiger partial charge >= 0.3 is 0 Å². The van der Waals surface area contributed by atoms with Gasteiger partial charge in [0.1, 0.15) is 0 Å². The summed E-state index contributed by atoms with van der Waals surface area (Å²) in [6, 6.07) is 5.10. The van der Waals surface area contributed by atoms with Crippen molar-refractivity contribution in [2.24, 2.45) is 0 Å². The van der Waals surface area contributed by atoms with Crippen LogP contribution in [-0.2, 0) is 21.2 Å². The van der Waals surface area contributed by atoms with Gasteiger partial charge in [0.25, 0.3) is 0 Å². The maximum Gasteiger partial charge on any atom is 0.243 e. The van der Waals surface area contributed by atoms with Gasteiger partial charge in [-0.3, -0.25) is 4.79 Å². The quantitative estimate of drug-likeness (QED) is 0.883. The van der Waals surface area contributed by atoms with Gasteiger partial charge in [0.15, 0.2) is 0 Å². The van der Waals surface area contributed by atoms with Crippen LogP contribution >= 0.6 is 0 Å². The summed E-state index contributed by atoms with van der Waals surface area (Å²) < 4.78 is 27.0. The van der Waals surface area contributed by atoms with E-state index in [0.29, 0.717) is 13.1 Å². The van der Waals surface area contributed by atoms with Crippen LogP contribution in [0.1, 0.15) is 18.9 Å². The van der Waals surface area contributed by atoms with E-state index in [2.05, 4.69) is 5.32 Å². The number of rotatable bonds is 3. The summed E-state index contributed by atoms with van der Waals surface area (Å²) in [4.78, 5) is 13.6. The number of hydrogen-bond acceptors (Lipinski definition) is 4. The lowest BCUT2D eigenvalue weighted by Crippen LogP contribution is -2.38. The molecule has 0 aliphatic carbocycles. The van der Waals surface area contributed by atoms with Gasteiger partial charge in [0.2, 0.25) is 15.9 Å². The molecule has 1 aromatic carbocycles. The summed E-state index contributed by atoms with van der Waals surface area (Å²) in [6.07, 6.45) is 1.60. The number of nitrogens with zero attached hydrogens (tertiary/aromatic N) is 2. The summed E-state index contributed by atoms with van der Waals surface area (Å²) in [5.74, 6) is -0.0540. The van der Waals surface area contributed by atoms with Gasteiger partial charge in [-0.2, -0.15) is 4.31 Å². The molecule has 1 unspecified atom stereocenters. The van der Waals surface area contributed by atoms with Crippen molar-refractivity contribution in [3.63, 3.8) is 0 Å². The Morgan fingerprint density at radius 2 is 2.18 bits per heavy atom. The Balaban J connectivity index is 1.95. The molecule has 22 heavy (non-hydrogen) atoms. The molecule has 120 valence electrons. The van der Waals surface area contributed by atoms with Gasteiger partial charge in [-0.05, 0) is 37.1 Å². The number of anilines is 1. The van der Waals surface area contributed by atoms with Crippen LogP contribution in [-0.4, -0.2) is 51.4 Å². The second kappa shape index (κ2) is 5.64. The predicted octanol–water partition coefficient (Wildman–Crippen LogP) is 0.578. The molecule has 1 amide bonds. The lowest BCUT2D eigenvalue weighted by Gasteiger charge is -2.24. The van der Waals surface area contributed by atoms with E-state index in [1.54, 1.807) is 24.1 Å². The largest absolute Gasteiger partial charge is 0.315 e. The first kappa shape index (κ1) is 15.5. The second-order valence-corrected chi connectivity index (χ2v) is 7.88. The number of carbonyl (C=O) groups excluding carboxylic acids is 1. The molecule has 1 saturated heterocycles. The molecule has 2 aliphatic rings. The van der Waals surface area contributed by atoms with Crippen molar-refractivity contribution >= 4 is 21.6 Å². The highest BCUT2D eigenvalue weighted by molar-refractivity contribution is 7.89. The highest BCUT2D eigenvalue weighted by Gasteiger charge is 2.31. The van der Waals surface area contributed by atoms with Crippen LogP contribution in [0.25, 0.3) is 0 Å². The maximum atomic E-state index is 12.8. The fraction of sp³-hybridized carbons (Fsp3) is 0.533. The Morgan fingerprint density at radius 3 is 2.82 bits per heavy atom. The van der Waals surface area contributed by atoms with Crippen molar-refractivity contribution in [3.05, 3.63) is 23.8 Å². The number of fused-ring (bicyclic) bond motifs is 1. The van der Waals surface area contributed by atoms with Crippen LogP contribution in [0.5, 0.6) is 0 Å². The van der Waals surface area contributed by atoms with E-state index in [0.717, 1.165) is 30.6 Å². The summed E-state index contributed by atoms with van der Waals surface area (Å²) in [5, 5.41) is 3.18. The molecule has 1 atom stereocenters. The zero-order valence-electron chi connectivity index (χ0n) is 12.9. The standard InChI is InChI=1S/C15H21N3O3S/c1-11(19)18-8-6-12-3-4-14(9-15(12)18)22(20,21)17(2)13-5-7-16-10-13/h3-4,9,13,16H,5-8,10H2,1-2H3. The number of amides is 1. The van der Waals surface area contributed by atoms with Crippen molar-refractivity contribution in [1.29, 1.82) is 0 Å². The van der Waals surface area contributed by atoms with Gasteiger partial charge in [0, 0.05) is 38.8 Å². The van der Waals surface area contributed by atoms with Gasteiger partial charge in [-0.25, -0.2) is 8.42 Å². The van der Waals surface area contributed by atoms with Gasteiger partial charge in [0.05, 0.1) is 4.90 Å². The average molecular weight is 323 g/mol. The Kier molecular flexibility index (Phi) is 3.96. The average Bonchev–Trinajstić information content (AvgIpc) is 3.14. The lowest BCUT2D eigenvalue weighted by molar-refractivity contribution is -0.116. The van der Waals surface area contributed by atoms with Crippen LogP contribution in [0.15, 0.2) is 23.1 Å². The fourth-order valence-corrected chi connectivity index (χ4v) is 4.56. The predicted molar refractivity (Wildman–Crippen MR) is 84.4 cm³/mol. The molecular formula is C15H21N3O3S. The van der Waals surface area contributed by atoms with Gasteiger partial charge in [-0.1, -0.05) is 6.07 Å². The Hall–Kier alpha value is -1.44. The molecule has 6 nitrogen and oxygen atoms in total. The van der Waals surface area contributed by atoms with Crippen molar-refractivity contribution in [3.8, 4) is 0 Å². The number of hydrogen-bond donors (Lipinski definition) is 1. The molecule has 0 spiro atoms. The minimum absolute atomic E-state index is 0.0119. The van der Waals surface area contributed by atoms with Crippen molar-refractivity contribution in [2.75, 3.05) is 31.6 Å². The summed E-state index contributed by atoms with van der Waals surface area (Å²) >= 11 is 0. The molecule has 0 bridgehead atoms. The number of likely N-dealkylation sites (N-methyl/N-ethyl adjacent to an activating group) is 1. The summed E-state index contributed by atoms with van der Waals surface area (Å²) in [7, 11) is -1.91. The number of sulfonamides is 1. The molecular weight excluding hydrogens is 302 g/mol. The zero-order chi connectivity index (χ0) is 15.9. The van der Waals surface area contributed by atoms with Crippen LogP contribution in [0.2, 0.25) is 0 Å². The smallest absolute Gasteiger partial charge is 0.243 e. The normalized spacial score (nSPS) is 21.4. The molecule has 0 aromatic heterocycles. The molecule has 1 N–H and O–H groups in total. The molecule has 0 saturated carbocycles. The van der Waals surface area contributed by atoms with Gasteiger partial charge < -0.3 is 10.2 Å². The van der Waals surface area contributed by atoms with E-state index in [-0.39, 0.29) is 16.8 Å². The molecule has 1 fully saturated rings. The van der Waals surface area contributed by atoms with Crippen LogP contribution < -0.4 is 10.2 Å². The SMILES string of the molecule is CC(=O)N1CCc2ccc(S(=O)(=O)N(C)C3CCNC3)cc21. The van der Waals surface area contributed by atoms with Crippen LogP contribution in [0, 0.1) is 0 Å². The first-order valence-corrected chi connectivity index (χ1v) is 8.95. The molecule has 7 heteroatoms. The monoisotopic (exact) mass is 323 g/mol. The topological polar surface area (TPSA) is 69.7 Å². The lowest BCUT2D eigenvalue weighted by atomic mass is 10.2. The van der Waals surface area contributed by atoms with E-state index >= 15 is 0 Å². The van der Waals surface area contributed by atoms with Crippen molar-refractivity contribution in [1.82, 2.24) is 9.62 Å². The number of nitrogens with one attached hydrogen (secondary N) is 1. The zero-order valence-corrected chi connectivity index (χ0v) is 13.7. The van der Waals surface area contributed by atoms with E-state index in [1.165, 1.54) is 11.2 Å². The second-order valence-electron chi connectivity index (χ2n) is 5.88. The van der Waals surface area contributed by atoms with Crippen molar-refractivity contribution < 1.29 is 13.2 Å². The number of carbonyl (C=O) groups is 1. The van der Waals surface area contributed by atoms with Gasteiger partial charge in [-0.15, -0.1) is 0 Å². The molecule has 2 aliphatic heterocycles. The Morgan fingerprint density at radius 1 is 1.41 bits per heavy atom. The fourth-order valence-electron chi connectivity index (χ4n) is 3.16. The van der Waals surface area contributed by atoms with Crippen LogP contribution in [0.4, 0.5) is 5.69 Å². The molecule has 3 rings (SSSR count). The van der Waals surface area contributed by atoms with E-state index in [1.807, 2.05) is 6.07 Å². The summed E-state index contributed by atoms with van der Waals surface area (Å²) in [5.41, 5.74) is 1.76. The summed E-state index contributed by atoms with van der Waals surface area (Å²) in [6.45, 7) is 3.65. The molecule has 2 heterocycles. The highest BCUT2D eigenvalue weighted by atomic mass is 32.2. The first-order valence-electron chi connectivity index (χ1n) is 7.51. The van der Waals surface area contributed by atoms with Crippen molar-refractivity contribution in [2.45, 2.75) is 30.7 Å². The Bertz CT molecular complexity index is 696. The van der Waals surface area contributed by atoms with E-state index in [4.69, 9.17) is 0 Å². The third kappa shape index (κ3) is 2.53. The van der Waals surface area contributed by atoms with Crippen LogP contribution in [0.3, 0.4) is 0 Å². The third-order valence-corrected chi connectivity index (χ3v) is 6.46. The molecule has 0 radical (unpaired) electrons. The minimum atomic E-state index is -3.54. The highest BCUT2D eigenvalue weighted by Crippen LogP contribution is 2.32. The first-order chi connectivity index (χ1) is 10.4. The minimum Gasteiger partial charge on any atom is -0.315 e. The third-order valence-electron chi connectivity index (χ3n) is 4.56. The van der Waals surface area contributed by atoms with E-state index < -0.39 is 10.0 Å². The number of benzene rings is 1. The molecule has 1 aromatic rings. The Labute approximate surface area is 131 Å². The maximum absolute atomic E-state index is 12.8.